The van der Waals surface area contributed by atoms with Crippen LogP contribution < -0.4 is 21.3 Å². The van der Waals surface area contributed by atoms with Crippen LogP contribution in [-0.2, 0) is 0 Å². The Hall–Kier alpha value is -2.47. The van der Waals surface area contributed by atoms with Gasteiger partial charge in [0.05, 0.1) is 5.02 Å². The Bertz CT molecular complexity index is 891. The Kier molecular flexibility index (Phi) is 4.84. The summed E-state index contributed by atoms with van der Waals surface area (Å²) in [5.41, 5.74) is 1.06. The molecule has 3 heteroatoms. The van der Waals surface area contributed by atoms with Crippen LogP contribution in [-0.4, -0.2) is 4.98 Å². The van der Waals surface area contributed by atoms with E-state index in [1.807, 2.05) is 36.5 Å². The summed E-state index contributed by atoms with van der Waals surface area (Å²) in [6.07, 6.45) is 1.87. The first kappa shape index (κ1) is 17.0. The van der Waals surface area contributed by atoms with Crippen LogP contribution in [0.25, 0.3) is 0 Å². The van der Waals surface area contributed by atoms with Gasteiger partial charge >= 0.3 is 0 Å². The SMILES string of the molecule is Clc1ccccc1[P+](c1ccccc1)(c1ccccc1)c1ccccn1. The second-order valence-electron chi connectivity index (χ2n) is 5.98. The van der Waals surface area contributed by atoms with E-state index in [-0.39, 0.29) is 0 Å². The fraction of sp³-hybridized carbons (Fsp3) is 0. The van der Waals surface area contributed by atoms with Gasteiger partial charge in [-0.1, -0.05) is 66.2 Å². The largest absolute Gasteiger partial charge is 0.221 e. The van der Waals surface area contributed by atoms with Crippen LogP contribution in [0.5, 0.6) is 0 Å². The van der Waals surface area contributed by atoms with E-state index >= 15 is 0 Å². The molecule has 1 heterocycles. The van der Waals surface area contributed by atoms with Crippen molar-refractivity contribution in [2.24, 2.45) is 0 Å². The molecular weight excluding hydrogens is 357 g/mol. The molecule has 0 spiro atoms. The molecule has 26 heavy (non-hydrogen) atoms. The first-order valence-electron chi connectivity index (χ1n) is 8.50. The summed E-state index contributed by atoms with van der Waals surface area (Å²) >= 11 is 6.76. The monoisotopic (exact) mass is 374 g/mol. The molecule has 0 atom stereocenters. The third-order valence-corrected chi connectivity index (χ3v) is 9.17. The van der Waals surface area contributed by atoms with Crippen molar-refractivity contribution in [2.75, 3.05) is 0 Å². The minimum Gasteiger partial charge on any atom is -0.221 e. The molecule has 0 bridgehead atoms. The van der Waals surface area contributed by atoms with Crippen molar-refractivity contribution in [1.29, 1.82) is 0 Å². The normalized spacial score (nSPS) is 11.3. The van der Waals surface area contributed by atoms with Gasteiger partial charge in [-0.25, -0.2) is 4.98 Å². The number of halogens is 1. The van der Waals surface area contributed by atoms with E-state index in [0.717, 1.165) is 15.8 Å². The summed E-state index contributed by atoms with van der Waals surface area (Å²) < 4.78 is 0. The Morgan fingerprint density at radius 1 is 0.577 bits per heavy atom. The molecule has 0 aliphatic carbocycles. The van der Waals surface area contributed by atoms with Gasteiger partial charge in [0.15, 0.2) is 12.7 Å². The number of nitrogens with zero attached hydrogens (tertiary/aromatic N) is 1. The van der Waals surface area contributed by atoms with E-state index in [1.54, 1.807) is 0 Å². The molecule has 0 N–H and O–H groups in total. The molecule has 0 saturated carbocycles. The van der Waals surface area contributed by atoms with Crippen LogP contribution in [0.4, 0.5) is 0 Å². The Labute approximate surface area is 159 Å². The van der Waals surface area contributed by atoms with Crippen molar-refractivity contribution in [2.45, 2.75) is 0 Å². The molecule has 4 aromatic rings. The fourth-order valence-electron chi connectivity index (χ4n) is 3.39. The average molecular weight is 375 g/mol. The summed E-state index contributed by atoms with van der Waals surface area (Å²) in [5, 5.41) is 4.41. The zero-order chi connectivity index (χ0) is 17.8. The highest BCUT2D eigenvalue weighted by molar-refractivity contribution is 8.01. The van der Waals surface area contributed by atoms with Crippen molar-refractivity contribution >= 4 is 40.2 Å². The summed E-state index contributed by atoms with van der Waals surface area (Å²) in [7, 11) is -2.19. The van der Waals surface area contributed by atoms with Gasteiger partial charge in [0.25, 0.3) is 0 Å². The zero-order valence-corrected chi connectivity index (χ0v) is 15.8. The summed E-state index contributed by atoms with van der Waals surface area (Å²) in [6, 6.07) is 35.5. The maximum atomic E-state index is 6.76. The van der Waals surface area contributed by atoms with E-state index < -0.39 is 7.26 Å². The highest BCUT2D eigenvalue weighted by Crippen LogP contribution is 2.54. The molecule has 3 aromatic carbocycles. The Morgan fingerprint density at radius 2 is 1.12 bits per heavy atom. The van der Waals surface area contributed by atoms with Crippen LogP contribution in [0.3, 0.4) is 0 Å². The van der Waals surface area contributed by atoms with Gasteiger partial charge in [-0.15, -0.1) is 0 Å². The van der Waals surface area contributed by atoms with E-state index in [4.69, 9.17) is 16.6 Å². The molecule has 1 nitrogen and oxygen atoms in total. The molecule has 0 saturated heterocycles. The Morgan fingerprint density at radius 3 is 1.65 bits per heavy atom. The molecule has 0 amide bonds. The lowest BCUT2D eigenvalue weighted by Gasteiger charge is -2.26. The second kappa shape index (κ2) is 7.41. The first-order chi connectivity index (χ1) is 12.8. The minimum absolute atomic E-state index is 0.777. The van der Waals surface area contributed by atoms with Crippen LogP contribution >= 0.6 is 18.9 Å². The second-order valence-corrected chi connectivity index (χ2v) is 9.70. The number of rotatable bonds is 4. The molecule has 0 aliphatic rings. The summed E-state index contributed by atoms with van der Waals surface area (Å²) in [5.74, 6) is 0. The van der Waals surface area contributed by atoms with Gasteiger partial charge in [-0.2, -0.15) is 0 Å². The van der Waals surface area contributed by atoms with Crippen LogP contribution in [0.2, 0.25) is 5.02 Å². The van der Waals surface area contributed by atoms with Crippen molar-refractivity contribution in [3.63, 3.8) is 0 Å². The Balaban J connectivity index is 2.17. The molecule has 1 aromatic heterocycles. The first-order valence-corrected chi connectivity index (χ1v) is 10.7. The van der Waals surface area contributed by atoms with Gasteiger partial charge < -0.3 is 0 Å². The quantitative estimate of drug-likeness (QED) is 0.484. The van der Waals surface area contributed by atoms with Crippen molar-refractivity contribution in [1.82, 2.24) is 4.98 Å². The zero-order valence-electron chi connectivity index (χ0n) is 14.2. The molecule has 0 fully saturated rings. The molecule has 0 unspecified atom stereocenters. The lowest BCUT2D eigenvalue weighted by atomic mass is 10.3. The van der Waals surface area contributed by atoms with Gasteiger partial charge in [-0.05, 0) is 42.5 Å². The minimum atomic E-state index is -2.19. The van der Waals surface area contributed by atoms with Crippen LogP contribution in [0, 0.1) is 0 Å². The smallest absolute Gasteiger partial charge is 0.198 e. The average Bonchev–Trinajstić information content (AvgIpc) is 2.72. The van der Waals surface area contributed by atoms with Crippen molar-refractivity contribution < 1.29 is 0 Å². The molecule has 126 valence electrons. The van der Waals surface area contributed by atoms with Crippen molar-refractivity contribution in [3.8, 4) is 0 Å². The topological polar surface area (TPSA) is 12.9 Å². The number of aromatic nitrogens is 1. The predicted molar refractivity (Wildman–Crippen MR) is 114 cm³/mol. The standard InChI is InChI=1S/C23H18ClNP/c24-21-15-7-8-16-22(21)26(19-11-3-1-4-12-19,20-13-5-2-6-14-20)23-17-9-10-18-25-23/h1-18H/q+1. The van der Waals surface area contributed by atoms with Crippen LogP contribution in [0.15, 0.2) is 109 Å². The third kappa shape index (κ3) is 2.84. The van der Waals surface area contributed by atoms with Gasteiger partial charge in [0, 0.05) is 12.3 Å². The van der Waals surface area contributed by atoms with Gasteiger partial charge in [0.1, 0.15) is 15.9 Å². The maximum absolute atomic E-state index is 6.76. The van der Waals surface area contributed by atoms with E-state index in [9.17, 15) is 0 Å². The lowest BCUT2D eigenvalue weighted by molar-refractivity contribution is 1.39. The molecular formula is C23H18ClNP+. The highest BCUT2D eigenvalue weighted by Gasteiger charge is 2.50. The van der Waals surface area contributed by atoms with Crippen molar-refractivity contribution in [3.05, 3.63) is 114 Å². The molecule has 0 radical (unpaired) electrons. The summed E-state index contributed by atoms with van der Waals surface area (Å²) in [6.45, 7) is 0. The number of benzene rings is 3. The van der Waals surface area contributed by atoms with Gasteiger partial charge in [-0.3, -0.25) is 0 Å². The maximum Gasteiger partial charge on any atom is 0.198 e. The molecule has 0 aliphatic heterocycles. The van der Waals surface area contributed by atoms with Gasteiger partial charge in [0.2, 0.25) is 0 Å². The number of pyridine rings is 1. The third-order valence-electron chi connectivity index (χ3n) is 4.49. The van der Waals surface area contributed by atoms with E-state index in [1.165, 1.54) is 10.6 Å². The fourth-order valence-corrected chi connectivity index (χ4v) is 8.03. The van der Waals surface area contributed by atoms with E-state index in [2.05, 4.69) is 72.8 Å². The van der Waals surface area contributed by atoms with E-state index in [0.29, 0.717) is 0 Å². The number of hydrogen-bond acceptors (Lipinski definition) is 1. The van der Waals surface area contributed by atoms with Crippen LogP contribution in [0.1, 0.15) is 0 Å². The predicted octanol–water partition coefficient (Wildman–Crippen LogP) is 4.35. The molecule has 4 rings (SSSR count). The highest BCUT2D eigenvalue weighted by atomic mass is 35.5. The lowest BCUT2D eigenvalue weighted by Crippen LogP contribution is -2.40. The summed E-state index contributed by atoms with van der Waals surface area (Å²) in [4.78, 5) is 4.81. The number of hydrogen-bond donors (Lipinski definition) is 0.